The molecule has 3 N–H and O–H groups in total. The van der Waals surface area contributed by atoms with Gasteiger partial charge in [-0.1, -0.05) is 6.07 Å². The Morgan fingerprint density at radius 3 is 2.90 bits per heavy atom. The van der Waals surface area contributed by atoms with Crippen molar-refractivity contribution in [1.82, 2.24) is 9.88 Å². The van der Waals surface area contributed by atoms with Crippen LogP contribution in [0.2, 0.25) is 0 Å². The predicted octanol–water partition coefficient (Wildman–Crippen LogP) is 1.32. The maximum absolute atomic E-state index is 11.9. The minimum Gasteiger partial charge on any atom is -0.464 e. The molecule has 0 fully saturated rings. The Hall–Kier alpha value is -2.78. The Morgan fingerprint density at radius 1 is 1.43 bits per heavy atom. The van der Waals surface area contributed by atoms with E-state index in [1.54, 1.807) is 10.8 Å². The number of carbonyl (C=O) groups excluding carboxylic acids is 1. The number of nitrogen functional groups attached to an aromatic ring is 1. The van der Waals surface area contributed by atoms with E-state index in [4.69, 9.17) is 15.7 Å². The topological polar surface area (TPSA) is 93.1 Å². The monoisotopic (exact) mass is 282 g/mol. The van der Waals surface area contributed by atoms with Crippen molar-refractivity contribution in [3.8, 4) is 11.8 Å². The molecule has 0 spiro atoms. The van der Waals surface area contributed by atoms with Crippen molar-refractivity contribution in [2.75, 3.05) is 12.8 Å². The smallest absolute Gasteiger partial charge is 0.357 e. The maximum Gasteiger partial charge on any atom is 0.357 e. The highest BCUT2D eigenvalue weighted by Crippen LogP contribution is 2.26. The van der Waals surface area contributed by atoms with Gasteiger partial charge in [-0.15, -0.1) is 0 Å². The third-order valence-corrected chi connectivity index (χ3v) is 3.64. The average Bonchev–Trinajstić information content (AvgIpc) is 3.09. The van der Waals surface area contributed by atoms with Gasteiger partial charge in [0.15, 0.2) is 5.69 Å². The van der Waals surface area contributed by atoms with Crippen LogP contribution < -0.4 is 11.1 Å². The van der Waals surface area contributed by atoms with Crippen molar-refractivity contribution >= 4 is 11.7 Å². The third kappa shape index (κ3) is 2.04. The van der Waals surface area contributed by atoms with Crippen molar-refractivity contribution in [1.29, 1.82) is 5.26 Å². The number of esters is 1. The molecule has 3 rings (SSSR count). The molecule has 0 bridgehead atoms. The zero-order valence-electron chi connectivity index (χ0n) is 11.5. The first-order chi connectivity index (χ1) is 10.2. The van der Waals surface area contributed by atoms with Crippen LogP contribution in [0.3, 0.4) is 0 Å². The summed E-state index contributed by atoms with van der Waals surface area (Å²) in [6, 6.07) is 7.89. The van der Waals surface area contributed by atoms with Gasteiger partial charge in [-0.25, -0.2) is 4.79 Å². The summed E-state index contributed by atoms with van der Waals surface area (Å²) < 4.78 is 6.38. The number of nitrogens with two attached hydrogens (primary N) is 1. The largest absolute Gasteiger partial charge is 0.464 e. The normalized spacial score (nSPS) is 12.8. The van der Waals surface area contributed by atoms with Gasteiger partial charge in [0.1, 0.15) is 6.07 Å². The number of carbonyl (C=O) groups is 1. The second-order valence-electron chi connectivity index (χ2n) is 4.84. The molecule has 0 aliphatic carbocycles. The van der Waals surface area contributed by atoms with Crippen LogP contribution in [0.1, 0.15) is 27.2 Å². The fraction of sp³-hybridized carbons (Fsp3) is 0.200. The predicted molar refractivity (Wildman–Crippen MR) is 76.8 cm³/mol. The van der Waals surface area contributed by atoms with Gasteiger partial charge in [0, 0.05) is 25.0 Å². The van der Waals surface area contributed by atoms with Crippen molar-refractivity contribution in [2.24, 2.45) is 0 Å². The second-order valence-corrected chi connectivity index (χ2v) is 4.84. The zero-order valence-corrected chi connectivity index (χ0v) is 11.5. The SMILES string of the molecule is COC(=O)c1c(N)c(C#N)cn1-c1ccc2c(c1)CNC2. The number of aromatic nitrogens is 1. The molecule has 1 aliphatic heterocycles. The standard InChI is InChI=1S/C15H14N4O2/c1-21-15(20)14-13(17)11(5-16)8-19(14)12-3-2-9-6-18-7-10(9)4-12/h2-4,8,18H,6-7,17H2,1H3. The quantitative estimate of drug-likeness (QED) is 0.810. The highest BCUT2D eigenvalue weighted by Gasteiger charge is 2.22. The van der Waals surface area contributed by atoms with Gasteiger partial charge in [0.2, 0.25) is 0 Å². The summed E-state index contributed by atoms with van der Waals surface area (Å²) in [6.45, 7) is 1.63. The number of hydrogen-bond donors (Lipinski definition) is 2. The third-order valence-electron chi connectivity index (χ3n) is 3.64. The lowest BCUT2D eigenvalue weighted by Gasteiger charge is -2.10. The number of ether oxygens (including phenoxy) is 1. The highest BCUT2D eigenvalue weighted by atomic mass is 16.5. The van der Waals surface area contributed by atoms with Gasteiger partial charge in [0.25, 0.3) is 0 Å². The number of fused-ring (bicyclic) bond motifs is 1. The molecular weight excluding hydrogens is 268 g/mol. The van der Waals surface area contributed by atoms with Crippen LogP contribution in [-0.2, 0) is 17.8 Å². The highest BCUT2D eigenvalue weighted by molar-refractivity contribution is 5.95. The molecule has 0 saturated heterocycles. The van der Waals surface area contributed by atoms with E-state index in [2.05, 4.69) is 5.32 Å². The average molecular weight is 282 g/mol. The van der Waals surface area contributed by atoms with Crippen LogP contribution in [0.15, 0.2) is 24.4 Å². The molecule has 1 aliphatic rings. The van der Waals surface area contributed by atoms with Gasteiger partial charge < -0.3 is 20.4 Å². The van der Waals surface area contributed by atoms with Crippen LogP contribution in [0, 0.1) is 11.3 Å². The van der Waals surface area contributed by atoms with E-state index in [1.807, 2.05) is 24.3 Å². The first-order valence-corrected chi connectivity index (χ1v) is 6.48. The van der Waals surface area contributed by atoms with E-state index in [-0.39, 0.29) is 16.9 Å². The molecule has 2 aromatic rings. The van der Waals surface area contributed by atoms with Gasteiger partial charge in [-0.2, -0.15) is 5.26 Å². The fourth-order valence-electron chi connectivity index (χ4n) is 2.55. The lowest BCUT2D eigenvalue weighted by molar-refractivity contribution is 0.0593. The van der Waals surface area contributed by atoms with E-state index < -0.39 is 5.97 Å². The van der Waals surface area contributed by atoms with Crippen LogP contribution in [0.5, 0.6) is 0 Å². The molecule has 6 nitrogen and oxygen atoms in total. The molecule has 21 heavy (non-hydrogen) atoms. The number of methoxy groups -OCH3 is 1. The molecule has 0 unspecified atom stereocenters. The Labute approximate surface area is 121 Å². The lowest BCUT2D eigenvalue weighted by Crippen LogP contribution is -2.11. The van der Waals surface area contributed by atoms with E-state index in [1.165, 1.54) is 18.2 Å². The molecule has 2 heterocycles. The minimum atomic E-state index is -0.562. The number of nitrogens with one attached hydrogen (secondary N) is 1. The van der Waals surface area contributed by atoms with Gasteiger partial charge in [0.05, 0.1) is 18.4 Å². The summed E-state index contributed by atoms with van der Waals surface area (Å²) in [4.78, 5) is 11.9. The molecule has 0 radical (unpaired) electrons. The van der Waals surface area contributed by atoms with Crippen LogP contribution >= 0.6 is 0 Å². The molecular formula is C15H14N4O2. The summed E-state index contributed by atoms with van der Waals surface area (Å²) in [5.41, 5.74) is 9.66. The number of benzene rings is 1. The summed E-state index contributed by atoms with van der Waals surface area (Å²) in [6.07, 6.45) is 1.56. The van der Waals surface area contributed by atoms with Gasteiger partial charge in [-0.3, -0.25) is 0 Å². The molecule has 1 aromatic carbocycles. The zero-order chi connectivity index (χ0) is 15.0. The first kappa shape index (κ1) is 13.2. The van der Waals surface area contributed by atoms with Crippen LogP contribution in [0.25, 0.3) is 5.69 Å². The Balaban J connectivity index is 2.18. The number of hydrogen-bond acceptors (Lipinski definition) is 5. The molecule has 0 amide bonds. The lowest BCUT2D eigenvalue weighted by atomic mass is 10.1. The summed E-state index contributed by atoms with van der Waals surface area (Å²) in [5.74, 6) is -0.562. The van der Waals surface area contributed by atoms with E-state index in [0.717, 1.165) is 18.8 Å². The number of nitriles is 1. The number of anilines is 1. The summed E-state index contributed by atoms with van der Waals surface area (Å²) in [7, 11) is 1.29. The van der Waals surface area contributed by atoms with E-state index in [0.29, 0.717) is 0 Å². The van der Waals surface area contributed by atoms with Crippen LogP contribution in [0.4, 0.5) is 5.69 Å². The van der Waals surface area contributed by atoms with Crippen molar-refractivity contribution in [2.45, 2.75) is 13.1 Å². The number of rotatable bonds is 2. The fourth-order valence-corrected chi connectivity index (χ4v) is 2.55. The molecule has 6 heteroatoms. The first-order valence-electron chi connectivity index (χ1n) is 6.48. The molecule has 106 valence electrons. The minimum absolute atomic E-state index is 0.142. The van der Waals surface area contributed by atoms with E-state index in [9.17, 15) is 4.79 Å². The van der Waals surface area contributed by atoms with Gasteiger partial charge >= 0.3 is 5.97 Å². The Morgan fingerprint density at radius 2 is 2.19 bits per heavy atom. The van der Waals surface area contributed by atoms with Gasteiger partial charge in [-0.05, 0) is 23.3 Å². The summed E-state index contributed by atoms with van der Waals surface area (Å²) >= 11 is 0. The Kier molecular flexibility index (Phi) is 3.12. The molecule has 1 aromatic heterocycles. The molecule has 0 atom stereocenters. The van der Waals surface area contributed by atoms with E-state index >= 15 is 0 Å². The Bertz CT molecular complexity index is 771. The van der Waals surface area contributed by atoms with Crippen molar-refractivity contribution < 1.29 is 9.53 Å². The summed E-state index contributed by atoms with van der Waals surface area (Å²) in [5, 5.41) is 12.4. The van der Waals surface area contributed by atoms with Crippen molar-refractivity contribution in [3.63, 3.8) is 0 Å². The van der Waals surface area contributed by atoms with Crippen molar-refractivity contribution in [3.05, 3.63) is 46.8 Å². The van der Waals surface area contributed by atoms with Crippen LogP contribution in [-0.4, -0.2) is 17.6 Å². The second kappa shape index (κ2) is 4.96. The molecule has 0 saturated carbocycles. The maximum atomic E-state index is 11.9. The number of nitrogens with zero attached hydrogens (tertiary/aromatic N) is 2.